The molecule has 1 saturated heterocycles. The lowest BCUT2D eigenvalue weighted by atomic mass is 9.91. The Labute approximate surface area is 491 Å². The van der Waals surface area contributed by atoms with Crippen molar-refractivity contribution in [3.63, 3.8) is 0 Å². The fourth-order valence-corrected chi connectivity index (χ4v) is 12.5. The van der Waals surface area contributed by atoms with E-state index >= 15 is 0 Å². The topological polar surface area (TPSA) is 184 Å². The van der Waals surface area contributed by atoms with Crippen LogP contribution >= 0.6 is 23.5 Å². The highest BCUT2D eigenvalue weighted by molar-refractivity contribution is 7.98. The Bertz CT molecular complexity index is 3680. The molecule has 8 aromatic rings. The average Bonchev–Trinajstić information content (AvgIpc) is 4.03. The van der Waals surface area contributed by atoms with Crippen LogP contribution in [0.25, 0.3) is 0 Å². The molecule has 5 N–H and O–H groups in total. The van der Waals surface area contributed by atoms with Gasteiger partial charge in [0, 0.05) is 69.7 Å². The van der Waals surface area contributed by atoms with E-state index in [1.165, 1.54) is 61.0 Å². The summed E-state index contributed by atoms with van der Waals surface area (Å²) in [6.07, 6.45) is 6.06. The molecule has 84 heavy (non-hydrogen) atoms. The maximum Gasteiger partial charge on any atom is 0.227 e. The third-order valence-corrected chi connectivity index (χ3v) is 17.8. The van der Waals surface area contributed by atoms with Crippen molar-refractivity contribution >= 4 is 29.8 Å². The summed E-state index contributed by atoms with van der Waals surface area (Å²) in [5.41, 5.74) is 9.76. The molecule has 3 aliphatic heterocycles. The van der Waals surface area contributed by atoms with Crippen molar-refractivity contribution in [2.45, 2.75) is 97.3 Å². The van der Waals surface area contributed by atoms with Gasteiger partial charge in [0.15, 0.2) is 34.8 Å². The molecule has 4 atom stereocenters. The molecule has 436 valence electrons. The van der Waals surface area contributed by atoms with E-state index < -0.39 is 58.4 Å². The van der Waals surface area contributed by atoms with Gasteiger partial charge in [-0.25, -0.2) is 17.6 Å². The van der Waals surface area contributed by atoms with Gasteiger partial charge in [0.25, 0.3) is 0 Å². The number of rotatable bonds is 14. The molecule has 6 aromatic carbocycles. The van der Waals surface area contributed by atoms with Crippen LogP contribution in [-0.2, 0) is 34.3 Å². The Hall–Kier alpha value is -7.29. The summed E-state index contributed by atoms with van der Waals surface area (Å²) >= 11 is 2.97. The summed E-state index contributed by atoms with van der Waals surface area (Å²) < 4.78 is 83.4. The molecule has 0 radical (unpaired) electrons. The zero-order valence-electron chi connectivity index (χ0n) is 45.7. The van der Waals surface area contributed by atoms with Crippen LogP contribution in [0.2, 0.25) is 0 Å². The second-order valence-electron chi connectivity index (χ2n) is 21.1. The monoisotopic (exact) mass is 1180 g/mol. The quantitative estimate of drug-likeness (QED) is 0.0596. The van der Waals surface area contributed by atoms with E-state index in [-0.39, 0.29) is 47.1 Å². The van der Waals surface area contributed by atoms with E-state index in [4.69, 9.17) is 28.8 Å². The highest BCUT2D eigenvalue weighted by Crippen LogP contribution is 2.57. The van der Waals surface area contributed by atoms with Crippen molar-refractivity contribution in [1.29, 1.82) is 0 Å². The molecule has 0 bridgehead atoms. The zero-order valence-corrected chi connectivity index (χ0v) is 47.3. The smallest absolute Gasteiger partial charge is 0.227 e. The first-order chi connectivity index (χ1) is 40.8. The molecular weight excluding hydrogens is 1120 g/mol. The molecular formula is C66H62F4N2O10S2. The van der Waals surface area contributed by atoms with Crippen LogP contribution in [-0.4, -0.2) is 36.3 Å². The number of fused-ring (bicyclic) bond motifs is 4. The Morgan fingerprint density at radius 2 is 1.07 bits per heavy atom. The molecule has 13 rings (SSSR count). The van der Waals surface area contributed by atoms with E-state index in [1.807, 2.05) is 109 Å². The fourth-order valence-electron chi connectivity index (χ4n) is 10.3. The summed E-state index contributed by atoms with van der Waals surface area (Å²) in [6.45, 7) is 2.71. The maximum atomic E-state index is 14.9. The van der Waals surface area contributed by atoms with Gasteiger partial charge >= 0.3 is 0 Å². The molecule has 2 saturated carbocycles. The van der Waals surface area contributed by atoms with Crippen molar-refractivity contribution in [2.75, 3.05) is 19.8 Å². The van der Waals surface area contributed by atoms with Crippen molar-refractivity contribution in [2.24, 2.45) is 16.6 Å². The van der Waals surface area contributed by atoms with Crippen molar-refractivity contribution in [3.05, 3.63) is 258 Å². The van der Waals surface area contributed by atoms with Crippen LogP contribution in [0.3, 0.4) is 0 Å². The van der Waals surface area contributed by atoms with Gasteiger partial charge in [0.1, 0.15) is 31.7 Å². The highest BCUT2D eigenvalue weighted by atomic mass is 32.2. The second-order valence-corrected chi connectivity index (χ2v) is 23.2. The number of nitrogens with two attached hydrogens (primary N) is 1. The van der Waals surface area contributed by atoms with Gasteiger partial charge in [0.2, 0.25) is 22.4 Å². The second kappa shape index (κ2) is 27.2. The van der Waals surface area contributed by atoms with Crippen LogP contribution in [0.4, 0.5) is 17.6 Å². The van der Waals surface area contributed by atoms with Crippen LogP contribution in [0, 0.1) is 34.1 Å². The number of aliphatic hydroxyl groups excluding tert-OH is 2. The van der Waals surface area contributed by atoms with Crippen molar-refractivity contribution in [3.8, 4) is 11.5 Å². The van der Waals surface area contributed by atoms with Crippen LogP contribution in [0.15, 0.2) is 186 Å². The molecule has 2 unspecified atom stereocenters. The summed E-state index contributed by atoms with van der Waals surface area (Å²) in [7, 11) is 0. The fraction of sp³-hybridized carbons (Fsp3) is 0.288. The van der Waals surface area contributed by atoms with Gasteiger partial charge in [-0.05, 0) is 96.2 Å². The molecule has 5 aliphatic rings. The van der Waals surface area contributed by atoms with Crippen LogP contribution < -0.4 is 31.4 Å². The number of hydrogen-bond acceptors (Lipinski definition) is 14. The lowest BCUT2D eigenvalue weighted by Crippen LogP contribution is -2.33. The number of ether oxygens (including phenoxy) is 3. The van der Waals surface area contributed by atoms with E-state index in [0.717, 1.165) is 63.7 Å². The minimum Gasteiger partial charge on any atom is -0.482 e. The molecule has 3 fully saturated rings. The molecule has 12 nitrogen and oxygen atoms in total. The molecule has 0 spiro atoms. The first-order valence-corrected chi connectivity index (χ1v) is 29.6. The number of carbonyl (C=O) groups is 1. The van der Waals surface area contributed by atoms with Gasteiger partial charge in [-0.2, -0.15) is 0 Å². The van der Waals surface area contributed by atoms with Gasteiger partial charge in [-0.3, -0.25) is 9.59 Å². The number of aliphatic hydroxyl groups is 2. The molecule has 5 heterocycles. The van der Waals surface area contributed by atoms with Crippen molar-refractivity contribution in [1.82, 2.24) is 5.32 Å². The van der Waals surface area contributed by atoms with E-state index in [0.29, 0.717) is 66.0 Å². The maximum absolute atomic E-state index is 14.9. The molecule has 0 amide bonds. The SMILES string of the molecule is C1CCOC1.N[C@@H]1c2ccccc2SCc2c1ccc(F)c2F.O=CC1(C(O)c2occc(=O)c2OCc2ccccc2)CC1.O=c1ccoc(C(O)C2(CN[C@@H]3c4ccccc4SCc4c3ccc(F)c4F)CC2)c1OCc1ccccc1. The first-order valence-electron chi connectivity index (χ1n) is 27.6. The number of hydrogen-bond donors (Lipinski definition) is 4. The predicted molar refractivity (Wildman–Crippen MR) is 311 cm³/mol. The molecule has 18 heteroatoms. The predicted octanol–water partition coefficient (Wildman–Crippen LogP) is 12.9. The summed E-state index contributed by atoms with van der Waals surface area (Å²) in [6, 6.07) is 41.6. The van der Waals surface area contributed by atoms with Gasteiger partial charge in [-0.1, -0.05) is 109 Å². The van der Waals surface area contributed by atoms with E-state index in [1.54, 1.807) is 12.1 Å². The van der Waals surface area contributed by atoms with E-state index in [2.05, 4.69) is 5.32 Å². The van der Waals surface area contributed by atoms with Crippen LogP contribution in [0.5, 0.6) is 11.5 Å². The normalized spacial score (nSPS) is 18.0. The van der Waals surface area contributed by atoms with Crippen molar-refractivity contribution < 1.29 is 55.6 Å². The van der Waals surface area contributed by atoms with Gasteiger partial charge in [-0.15, -0.1) is 23.5 Å². The number of benzene rings is 6. The molecule has 2 aromatic heterocycles. The Morgan fingerprint density at radius 3 is 1.57 bits per heavy atom. The van der Waals surface area contributed by atoms with Crippen LogP contribution in [0.1, 0.15) is 119 Å². The lowest BCUT2D eigenvalue weighted by molar-refractivity contribution is -0.116. The number of carbonyl (C=O) groups excluding carboxylic acids is 1. The summed E-state index contributed by atoms with van der Waals surface area (Å²) in [5, 5.41) is 25.4. The number of halogens is 4. The number of nitrogens with one attached hydrogen (secondary N) is 1. The molecule has 2 aliphatic carbocycles. The van der Waals surface area contributed by atoms with E-state index in [9.17, 15) is 42.2 Å². The zero-order chi connectivity index (χ0) is 58.8. The lowest BCUT2D eigenvalue weighted by Gasteiger charge is -2.28. The Kier molecular flexibility index (Phi) is 19.4. The third-order valence-electron chi connectivity index (χ3n) is 15.6. The Morgan fingerprint density at radius 1 is 0.595 bits per heavy atom. The minimum absolute atomic E-state index is 0.000711. The first kappa shape index (κ1) is 59.9. The number of aldehydes is 1. The van der Waals surface area contributed by atoms with Gasteiger partial charge < -0.3 is 49.1 Å². The largest absolute Gasteiger partial charge is 0.482 e. The summed E-state index contributed by atoms with van der Waals surface area (Å²) in [5.74, 6) is -2.47. The minimum atomic E-state index is -1.16. The Balaban J connectivity index is 0.000000146. The third kappa shape index (κ3) is 13.6. The standard InChI is InChI=1S/C31H27F2NO4S.C17H16O5.C14H11F2NS.C4H8O/c32-23-11-10-20-22(26(23)33)17-39-25-9-5-4-8-21(25)27(20)34-18-31(13-14-31)30(36)29-28(24(35)12-15-37-29)38-16-19-6-2-1-3-7-19;18-11-17(7-8-17)16(20)15-14(13(19)6-9-21-15)22-10-12-4-2-1-3-5-12;15-11-6-5-8-10(13(11)16)7-18-12-4-2-1-3-9(12)14(8)17;1-2-4-5-3-1/h1-12,15,27,30,34,36H,13-14,16-18H2;1-6,9,11,16,20H,7-8,10H2;1-6,14H,7,17H2;1-4H2/t27-,30?;;14-;/m0.0./s1. The van der Waals surface area contributed by atoms with Gasteiger partial charge in [0.05, 0.1) is 30.0 Å². The number of thioether (sulfide) groups is 2. The summed E-state index contributed by atoms with van der Waals surface area (Å²) in [4.78, 5) is 37.9. The highest BCUT2D eigenvalue weighted by Gasteiger charge is 2.53. The average molecular weight is 1180 g/mol.